The predicted octanol–water partition coefficient (Wildman–Crippen LogP) is 11.5. The van der Waals surface area contributed by atoms with E-state index in [2.05, 4.69) is 26.0 Å². The molecule has 4 heteroatoms. The summed E-state index contributed by atoms with van der Waals surface area (Å²) < 4.78 is 5.29. The summed E-state index contributed by atoms with van der Waals surface area (Å²) in [6.07, 6.45) is 36.6. The first-order valence-corrected chi connectivity index (χ1v) is 17.2. The maximum absolute atomic E-state index is 12.1. The number of ether oxygens (including phenoxy) is 1. The fourth-order valence-corrected chi connectivity index (χ4v) is 5.14. The number of aliphatic carboxylic acids is 1. The second kappa shape index (κ2) is 31.2. The third kappa shape index (κ3) is 29.5. The van der Waals surface area contributed by atoms with Crippen LogP contribution < -0.4 is 0 Å². The van der Waals surface area contributed by atoms with Crippen molar-refractivity contribution in [2.24, 2.45) is 0 Å². The van der Waals surface area contributed by atoms with Gasteiger partial charge in [0, 0.05) is 6.42 Å². The van der Waals surface area contributed by atoms with Crippen LogP contribution in [0.15, 0.2) is 12.2 Å². The number of hydrogen-bond donors (Lipinski definition) is 1. The molecule has 4 nitrogen and oxygen atoms in total. The number of carbonyl (C=O) groups excluding carboxylic acids is 1. The van der Waals surface area contributed by atoms with Crippen LogP contribution in [0, 0.1) is 0 Å². The highest BCUT2D eigenvalue weighted by Crippen LogP contribution is 2.15. The van der Waals surface area contributed by atoms with Crippen molar-refractivity contribution in [3.05, 3.63) is 12.2 Å². The molecular weight excluding hydrogens is 484 g/mol. The molecular formula is C35H66O4. The Kier molecular flexibility index (Phi) is 30.2. The minimum atomic E-state index is -1.01. The number of hydrogen-bond acceptors (Lipinski definition) is 3. The van der Waals surface area contributed by atoms with Crippen LogP contribution in [-0.2, 0) is 14.3 Å². The number of carboxylic acid groups (broad SMARTS) is 1. The van der Waals surface area contributed by atoms with Crippen molar-refractivity contribution in [2.75, 3.05) is 0 Å². The van der Waals surface area contributed by atoms with Gasteiger partial charge in [0.05, 0.1) is 0 Å². The molecule has 0 saturated heterocycles. The standard InChI is InChI=1S/C35H66O4/c1-3-5-7-9-11-13-15-17-18-20-22-24-26-28-30-32-34(36)39-33(35(37)38)31-29-27-25-23-21-19-16-14-12-10-8-6-4-2/h17-18,33H,3-16,19-32H2,1-2H3,(H,37,38)/b18-17-. The highest BCUT2D eigenvalue weighted by Gasteiger charge is 2.21. The first-order chi connectivity index (χ1) is 19.1. The second-order valence-corrected chi connectivity index (χ2v) is 11.7. The largest absolute Gasteiger partial charge is 0.479 e. The first kappa shape index (κ1) is 37.7. The minimum Gasteiger partial charge on any atom is -0.479 e. The van der Waals surface area contributed by atoms with Gasteiger partial charge < -0.3 is 9.84 Å². The number of carbonyl (C=O) groups is 2. The summed E-state index contributed by atoms with van der Waals surface area (Å²) in [5.41, 5.74) is 0. The topological polar surface area (TPSA) is 63.6 Å². The number of carboxylic acids is 1. The van der Waals surface area contributed by atoms with E-state index in [1.807, 2.05) is 0 Å². The Hall–Kier alpha value is -1.32. The summed E-state index contributed by atoms with van der Waals surface area (Å²) in [6.45, 7) is 4.52. The number of unbranched alkanes of at least 4 members (excludes halogenated alkanes) is 23. The van der Waals surface area contributed by atoms with Gasteiger partial charge in [0.2, 0.25) is 0 Å². The normalized spacial score (nSPS) is 12.3. The number of allylic oxidation sites excluding steroid dienone is 2. The van der Waals surface area contributed by atoms with E-state index in [1.165, 1.54) is 122 Å². The van der Waals surface area contributed by atoms with Crippen LogP contribution in [-0.4, -0.2) is 23.1 Å². The smallest absolute Gasteiger partial charge is 0.345 e. The molecule has 0 aliphatic rings. The van der Waals surface area contributed by atoms with Crippen molar-refractivity contribution in [3.63, 3.8) is 0 Å². The van der Waals surface area contributed by atoms with Crippen LogP contribution in [0.3, 0.4) is 0 Å². The average Bonchev–Trinajstić information content (AvgIpc) is 2.92. The zero-order chi connectivity index (χ0) is 28.7. The molecule has 0 rings (SSSR count). The molecule has 0 radical (unpaired) electrons. The Labute approximate surface area is 243 Å². The van der Waals surface area contributed by atoms with Crippen molar-refractivity contribution in [2.45, 2.75) is 200 Å². The van der Waals surface area contributed by atoms with Crippen molar-refractivity contribution < 1.29 is 19.4 Å². The molecule has 1 N–H and O–H groups in total. The molecule has 230 valence electrons. The van der Waals surface area contributed by atoms with Gasteiger partial charge in [-0.25, -0.2) is 4.79 Å². The van der Waals surface area contributed by atoms with E-state index in [0.717, 1.165) is 44.9 Å². The second-order valence-electron chi connectivity index (χ2n) is 11.7. The molecule has 0 aliphatic carbocycles. The van der Waals surface area contributed by atoms with E-state index in [0.29, 0.717) is 12.8 Å². The van der Waals surface area contributed by atoms with Crippen molar-refractivity contribution in [3.8, 4) is 0 Å². The highest BCUT2D eigenvalue weighted by atomic mass is 16.6. The SMILES string of the molecule is CCCCCCCC/C=C\CCCCCCCC(=O)OC(CCCCCCCCCCCCCCC)C(=O)O. The highest BCUT2D eigenvalue weighted by molar-refractivity contribution is 5.77. The first-order valence-electron chi connectivity index (χ1n) is 17.2. The van der Waals surface area contributed by atoms with E-state index in [9.17, 15) is 14.7 Å². The van der Waals surface area contributed by atoms with E-state index in [-0.39, 0.29) is 5.97 Å². The molecule has 39 heavy (non-hydrogen) atoms. The minimum absolute atomic E-state index is 0.334. The number of esters is 1. The number of rotatable bonds is 31. The van der Waals surface area contributed by atoms with Gasteiger partial charge in [-0.2, -0.15) is 0 Å². The summed E-state index contributed by atoms with van der Waals surface area (Å²) in [5.74, 6) is -1.36. The van der Waals surface area contributed by atoms with Gasteiger partial charge in [-0.1, -0.05) is 154 Å². The fraction of sp³-hybridized carbons (Fsp3) is 0.886. The van der Waals surface area contributed by atoms with E-state index < -0.39 is 12.1 Å². The van der Waals surface area contributed by atoms with Gasteiger partial charge >= 0.3 is 11.9 Å². The lowest BCUT2D eigenvalue weighted by Crippen LogP contribution is -2.27. The lowest BCUT2D eigenvalue weighted by Gasteiger charge is -2.13. The maximum Gasteiger partial charge on any atom is 0.345 e. The van der Waals surface area contributed by atoms with Gasteiger partial charge in [0.1, 0.15) is 0 Å². The summed E-state index contributed by atoms with van der Waals surface area (Å²) in [7, 11) is 0. The lowest BCUT2D eigenvalue weighted by molar-refractivity contribution is -0.164. The quantitative estimate of drug-likeness (QED) is 0.0529. The molecule has 0 aliphatic heterocycles. The molecule has 1 atom stereocenters. The zero-order valence-electron chi connectivity index (χ0n) is 26.2. The fourth-order valence-electron chi connectivity index (χ4n) is 5.14. The molecule has 0 aromatic carbocycles. The van der Waals surface area contributed by atoms with Gasteiger partial charge in [0.25, 0.3) is 0 Å². The van der Waals surface area contributed by atoms with Crippen molar-refractivity contribution in [1.29, 1.82) is 0 Å². The zero-order valence-corrected chi connectivity index (χ0v) is 26.2. The summed E-state index contributed by atoms with van der Waals surface area (Å²) in [4.78, 5) is 23.6. The Morgan fingerprint density at radius 1 is 0.538 bits per heavy atom. The van der Waals surface area contributed by atoms with Crippen LogP contribution in [0.4, 0.5) is 0 Å². The summed E-state index contributed by atoms with van der Waals surface area (Å²) in [6, 6.07) is 0. The summed E-state index contributed by atoms with van der Waals surface area (Å²) >= 11 is 0. The molecule has 0 aromatic heterocycles. The molecule has 1 unspecified atom stereocenters. The predicted molar refractivity (Wildman–Crippen MR) is 167 cm³/mol. The molecule has 0 heterocycles. The lowest BCUT2D eigenvalue weighted by atomic mass is 10.0. The van der Waals surface area contributed by atoms with Crippen molar-refractivity contribution >= 4 is 11.9 Å². The molecule has 0 aromatic rings. The van der Waals surface area contributed by atoms with Crippen LogP contribution >= 0.6 is 0 Å². The van der Waals surface area contributed by atoms with Crippen LogP contribution in [0.5, 0.6) is 0 Å². The average molecular weight is 551 g/mol. The molecule has 0 fully saturated rings. The molecule has 0 saturated carbocycles. The summed E-state index contributed by atoms with van der Waals surface area (Å²) in [5, 5.41) is 9.43. The third-order valence-electron chi connectivity index (χ3n) is 7.76. The van der Waals surface area contributed by atoms with Gasteiger partial charge in [0.15, 0.2) is 6.10 Å². The molecule has 0 amide bonds. The molecule has 0 spiro atoms. The van der Waals surface area contributed by atoms with Crippen LogP contribution in [0.2, 0.25) is 0 Å². The Balaban J connectivity index is 3.58. The van der Waals surface area contributed by atoms with Crippen LogP contribution in [0.25, 0.3) is 0 Å². The van der Waals surface area contributed by atoms with Gasteiger partial charge in [-0.3, -0.25) is 4.79 Å². The Morgan fingerprint density at radius 3 is 1.31 bits per heavy atom. The van der Waals surface area contributed by atoms with Gasteiger partial charge in [-0.15, -0.1) is 0 Å². The van der Waals surface area contributed by atoms with Crippen LogP contribution in [0.1, 0.15) is 194 Å². The maximum atomic E-state index is 12.1. The molecule has 0 bridgehead atoms. The Morgan fingerprint density at radius 2 is 0.897 bits per heavy atom. The third-order valence-corrected chi connectivity index (χ3v) is 7.76. The van der Waals surface area contributed by atoms with E-state index in [4.69, 9.17) is 4.74 Å². The van der Waals surface area contributed by atoms with E-state index >= 15 is 0 Å². The van der Waals surface area contributed by atoms with Gasteiger partial charge in [-0.05, 0) is 44.9 Å². The monoisotopic (exact) mass is 550 g/mol. The van der Waals surface area contributed by atoms with E-state index in [1.54, 1.807) is 0 Å². The Bertz CT molecular complexity index is 557. The van der Waals surface area contributed by atoms with Crippen molar-refractivity contribution in [1.82, 2.24) is 0 Å².